The molecule has 0 aromatic heterocycles. The quantitative estimate of drug-likeness (QED) is 0.764. The molecule has 4 heteroatoms. The van der Waals surface area contributed by atoms with Crippen LogP contribution in [0.25, 0.3) is 0 Å². The van der Waals surface area contributed by atoms with Crippen LogP contribution in [0.15, 0.2) is 24.3 Å². The van der Waals surface area contributed by atoms with E-state index in [1.165, 1.54) is 0 Å². The molecule has 0 radical (unpaired) electrons. The first-order chi connectivity index (χ1) is 8.19. The third kappa shape index (κ3) is 4.07. The smallest absolute Gasteiger partial charge is 0.240 e. The highest BCUT2D eigenvalue weighted by atomic mass is 16.5. The van der Waals surface area contributed by atoms with Gasteiger partial charge in [-0.15, -0.1) is 0 Å². The average molecular weight is 236 g/mol. The Morgan fingerprint density at radius 2 is 2.24 bits per heavy atom. The minimum Gasteiger partial charge on any atom is -0.497 e. The van der Waals surface area contributed by atoms with Crippen molar-refractivity contribution in [2.45, 2.75) is 13.3 Å². The first-order valence-electron chi connectivity index (χ1n) is 5.80. The number of anilines is 1. The summed E-state index contributed by atoms with van der Waals surface area (Å²) in [5, 5.41) is 3.09. The number of amides is 1. The Balaban J connectivity index is 2.61. The van der Waals surface area contributed by atoms with E-state index >= 15 is 0 Å². The van der Waals surface area contributed by atoms with Crippen LogP contribution in [0.2, 0.25) is 0 Å². The van der Waals surface area contributed by atoms with Gasteiger partial charge in [0, 0.05) is 18.8 Å². The Kier molecular flexibility index (Phi) is 5.49. The lowest BCUT2D eigenvalue weighted by atomic mass is 10.2. The van der Waals surface area contributed by atoms with E-state index in [0.717, 1.165) is 24.4 Å². The van der Waals surface area contributed by atoms with Crippen LogP contribution in [0.5, 0.6) is 5.75 Å². The molecular weight excluding hydrogens is 216 g/mol. The van der Waals surface area contributed by atoms with Gasteiger partial charge in [0.25, 0.3) is 0 Å². The first-order valence-corrected chi connectivity index (χ1v) is 5.80. The van der Waals surface area contributed by atoms with Gasteiger partial charge in [0.15, 0.2) is 0 Å². The molecule has 0 aliphatic heterocycles. The van der Waals surface area contributed by atoms with E-state index in [2.05, 4.69) is 12.2 Å². The molecule has 0 spiro atoms. The molecule has 94 valence electrons. The van der Waals surface area contributed by atoms with Crippen LogP contribution in [0, 0.1) is 0 Å². The maximum Gasteiger partial charge on any atom is 0.240 e. The Morgan fingerprint density at radius 1 is 1.47 bits per heavy atom. The number of carbonyl (C=O) groups excluding carboxylic acids is 1. The molecule has 0 fully saturated rings. The lowest BCUT2D eigenvalue weighted by Crippen LogP contribution is -2.35. The number of ether oxygens (including phenoxy) is 1. The fourth-order valence-corrected chi connectivity index (χ4v) is 1.45. The molecule has 0 aliphatic carbocycles. The lowest BCUT2D eigenvalue weighted by Gasteiger charge is -2.18. The highest BCUT2D eigenvalue weighted by Gasteiger charge is 2.10. The normalized spacial score (nSPS) is 10.1. The molecule has 1 aromatic carbocycles. The molecule has 0 heterocycles. The van der Waals surface area contributed by atoms with E-state index in [-0.39, 0.29) is 5.91 Å². The summed E-state index contributed by atoms with van der Waals surface area (Å²) in [6.07, 6.45) is 1.02. The van der Waals surface area contributed by atoms with Crippen LogP contribution < -0.4 is 15.0 Å². The number of hydrogen-bond acceptors (Lipinski definition) is 3. The number of methoxy groups -OCH3 is 1. The molecule has 1 rings (SSSR count). The van der Waals surface area contributed by atoms with Crippen LogP contribution in [0.4, 0.5) is 5.69 Å². The Hall–Kier alpha value is -1.55. The number of carbonyl (C=O) groups is 1. The summed E-state index contributed by atoms with van der Waals surface area (Å²) in [6.45, 7) is 3.29. The van der Waals surface area contributed by atoms with Gasteiger partial charge < -0.3 is 15.0 Å². The molecule has 4 nitrogen and oxygen atoms in total. The summed E-state index contributed by atoms with van der Waals surface area (Å²) < 4.78 is 5.13. The monoisotopic (exact) mass is 236 g/mol. The van der Waals surface area contributed by atoms with E-state index in [0.29, 0.717) is 6.54 Å². The fourth-order valence-electron chi connectivity index (χ4n) is 1.45. The molecular formula is C13H20N2O2. The molecule has 0 aliphatic rings. The number of nitrogens with zero attached hydrogens (tertiary/aromatic N) is 1. The maximum absolute atomic E-state index is 11.8. The second-order valence-corrected chi connectivity index (χ2v) is 3.83. The Morgan fingerprint density at radius 3 is 2.88 bits per heavy atom. The predicted octanol–water partition coefficient (Wildman–Crippen LogP) is 1.66. The minimum atomic E-state index is 0.0479. The SMILES string of the molecule is CCCNCC(=O)N(C)c1cccc(OC)c1. The minimum absolute atomic E-state index is 0.0479. The van der Waals surface area contributed by atoms with Crippen LogP contribution >= 0.6 is 0 Å². The van der Waals surface area contributed by atoms with E-state index < -0.39 is 0 Å². The van der Waals surface area contributed by atoms with Crippen LogP contribution in [-0.2, 0) is 4.79 Å². The second kappa shape index (κ2) is 6.91. The van der Waals surface area contributed by atoms with Gasteiger partial charge in [0.05, 0.1) is 13.7 Å². The largest absolute Gasteiger partial charge is 0.497 e. The van der Waals surface area contributed by atoms with E-state index in [9.17, 15) is 4.79 Å². The zero-order chi connectivity index (χ0) is 12.7. The molecule has 0 bridgehead atoms. The molecule has 0 saturated heterocycles. The van der Waals surface area contributed by atoms with Crippen LogP contribution in [0.1, 0.15) is 13.3 Å². The molecule has 0 atom stereocenters. The summed E-state index contributed by atoms with van der Waals surface area (Å²) >= 11 is 0. The average Bonchev–Trinajstić information content (AvgIpc) is 2.38. The Bertz CT molecular complexity index is 366. The van der Waals surface area contributed by atoms with Gasteiger partial charge in [-0.3, -0.25) is 4.79 Å². The van der Waals surface area contributed by atoms with Crippen molar-refractivity contribution >= 4 is 11.6 Å². The summed E-state index contributed by atoms with van der Waals surface area (Å²) in [5.41, 5.74) is 0.840. The highest BCUT2D eigenvalue weighted by molar-refractivity contribution is 5.94. The van der Waals surface area contributed by atoms with Crippen molar-refractivity contribution in [1.29, 1.82) is 0 Å². The van der Waals surface area contributed by atoms with Crippen molar-refractivity contribution in [3.8, 4) is 5.75 Å². The molecule has 0 saturated carbocycles. The van der Waals surface area contributed by atoms with Gasteiger partial charge in [-0.05, 0) is 25.1 Å². The number of benzene rings is 1. The summed E-state index contributed by atoms with van der Waals surface area (Å²) in [7, 11) is 3.38. The van der Waals surface area contributed by atoms with E-state index in [1.807, 2.05) is 24.3 Å². The van der Waals surface area contributed by atoms with Gasteiger partial charge in [-0.25, -0.2) is 0 Å². The molecule has 1 N–H and O–H groups in total. The second-order valence-electron chi connectivity index (χ2n) is 3.83. The van der Waals surface area contributed by atoms with Gasteiger partial charge in [0.1, 0.15) is 5.75 Å². The third-order valence-electron chi connectivity index (χ3n) is 2.52. The third-order valence-corrected chi connectivity index (χ3v) is 2.52. The van der Waals surface area contributed by atoms with Crippen molar-refractivity contribution in [1.82, 2.24) is 5.32 Å². The van der Waals surface area contributed by atoms with E-state index in [1.54, 1.807) is 19.1 Å². The van der Waals surface area contributed by atoms with Crippen molar-refractivity contribution in [2.75, 3.05) is 32.1 Å². The predicted molar refractivity (Wildman–Crippen MR) is 69.6 cm³/mol. The lowest BCUT2D eigenvalue weighted by molar-refractivity contribution is -0.117. The topological polar surface area (TPSA) is 41.6 Å². The number of rotatable bonds is 6. The van der Waals surface area contributed by atoms with Crippen molar-refractivity contribution in [2.24, 2.45) is 0 Å². The highest BCUT2D eigenvalue weighted by Crippen LogP contribution is 2.19. The summed E-state index contributed by atoms with van der Waals surface area (Å²) in [6, 6.07) is 7.46. The van der Waals surface area contributed by atoms with Gasteiger partial charge >= 0.3 is 0 Å². The first kappa shape index (κ1) is 13.5. The summed E-state index contributed by atoms with van der Waals surface area (Å²) in [5.74, 6) is 0.801. The van der Waals surface area contributed by atoms with Gasteiger partial charge in [-0.2, -0.15) is 0 Å². The number of likely N-dealkylation sites (N-methyl/N-ethyl adjacent to an activating group) is 1. The molecule has 0 unspecified atom stereocenters. The zero-order valence-corrected chi connectivity index (χ0v) is 10.7. The van der Waals surface area contributed by atoms with Crippen LogP contribution in [0.3, 0.4) is 0 Å². The molecule has 17 heavy (non-hydrogen) atoms. The number of hydrogen-bond donors (Lipinski definition) is 1. The van der Waals surface area contributed by atoms with Crippen molar-refractivity contribution in [3.05, 3.63) is 24.3 Å². The van der Waals surface area contributed by atoms with Gasteiger partial charge in [-0.1, -0.05) is 13.0 Å². The van der Waals surface area contributed by atoms with Crippen molar-refractivity contribution in [3.63, 3.8) is 0 Å². The molecule has 1 aromatic rings. The standard InChI is InChI=1S/C13H20N2O2/c1-4-8-14-10-13(16)15(2)11-6-5-7-12(9-11)17-3/h5-7,9,14H,4,8,10H2,1-3H3. The summed E-state index contributed by atoms with van der Waals surface area (Å²) in [4.78, 5) is 13.5. The van der Waals surface area contributed by atoms with E-state index in [4.69, 9.17) is 4.74 Å². The zero-order valence-electron chi connectivity index (χ0n) is 10.7. The maximum atomic E-state index is 11.8. The Labute approximate surface area is 103 Å². The fraction of sp³-hybridized carbons (Fsp3) is 0.462. The molecule has 1 amide bonds. The van der Waals surface area contributed by atoms with Gasteiger partial charge in [0.2, 0.25) is 5.91 Å². The number of nitrogens with one attached hydrogen (secondary N) is 1. The van der Waals surface area contributed by atoms with Crippen LogP contribution in [-0.4, -0.2) is 33.2 Å². The van der Waals surface area contributed by atoms with Crippen molar-refractivity contribution < 1.29 is 9.53 Å².